The summed E-state index contributed by atoms with van der Waals surface area (Å²) in [5.41, 5.74) is 2.29. The molecule has 0 N–H and O–H groups in total. The van der Waals surface area contributed by atoms with Crippen molar-refractivity contribution in [1.29, 1.82) is 0 Å². The van der Waals surface area contributed by atoms with Crippen LogP contribution in [0.4, 0.5) is 8.78 Å². The summed E-state index contributed by atoms with van der Waals surface area (Å²) in [6.45, 7) is 3.83. The normalized spacial score (nSPS) is 19.8. The monoisotopic (exact) mass is 262 g/mol. The predicted molar refractivity (Wildman–Crippen MR) is 75.2 cm³/mol. The van der Waals surface area contributed by atoms with Crippen LogP contribution in [0.25, 0.3) is 0 Å². The molecular formula is C17H20F2. The van der Waals surface area contributed by atoms with E-state index in [9.17, 15) is 8.78 Å². The molecule has 0 aliphatic heterocycles. The molecule has 2 heteroatoms. The molecule has 0 unspecified atom stereocenters. The van der Waals surface area contributed by atoms with Crippen molar-refractivity contribution in [3.05, 3.63) is 58.7 Å². The third kappa shape index (κ3) is 2.94. The zero-order valence-electron chi connectivity index (χ0n) is 11.5. The maximum Gasteiger partial charge on any atom is 0.162 e. The van der Waals surface area contributed by atoms with Crippen LogP contribution in [-0.2, 0) is 6.42 Å². The zero-order chi connectivity index (χ0) is 13.8. The van der Waals surface area contributed by atoms with E-state index in [1.165, 1.54) is 5.57 Å². The van der Waals surface area contributed by atoms with Crippen LogP contribution in [0.2, 0.25) is 0 Å². The third-order valence-electron chi connectivity index (χ3n) is 3.84. The minimum atomic E-state index is -0.664. The second-order valence-corrected chi connectivity index (χ2v) is 5.05. The molecule has 0 bridgehead atoms. The number of allylic oxidation sites excluding steroid dienone is 4. The molecular weight excluding hydrogens is 242 g/mol. The number of hydrogen-bond donors (Lipinski definition) is 0. The largest absolute Gasteiger partial charge is 0.203 e. The maximum absolute atomic E-state index is 14.1. The summed E-state index contributed by atoms with van der Waals surface area (Å²) in [5.74, 6) is -1.20. The standard InChI is InChI=1S/C17H20F2/c1-3-5-12-6-8-14(9-7-12)15-11-10-13(4-2)16(18)17(15)19/h3,5-6,10-11,14H,4,7-9H2,1-2H3/t14-/m0/s1. The Hall–Kier alpha value is -1.44. The molecule has 0 spiro atoms. The van der Waals surface area contributed by atoms with Gasteiger partial charge in [-0.1, -0.05) is 42.9 Å². The maximum atomic E-state index is 14.1. The average Bonchev–Trinajstić information content (AvgIpc) is 2.43. The van der Waals surface area contributed by atoms with E-state index in [4.69, 9.17) is 0 Å². The highest BCUT2D eigenvalue weighted by Gasteiger charge is 2.21. The summed E-state index contributed by atoms with van der Waals surface area (Å²) >= 11 is 0. The fraction of sp³-hybridized carbons (Fsp3) is 0.412. The molecule has 0 heterocycles. The first-order chi connectivity index (χ1) is 9.17. The van der Waals surface area contributed by atoms with Gasteiger partial charge in [-0.05, 0) is 49.7 Å². The lowest BCUT2D eigenvalue weighted by molar-refractivity contribution is 0.471. The van der Waals surface area contributed by atoms with Gasteiger partial charge in [-0.15, -0.1) is 0 Å². The van der Waals surface area contributed by atoms with Gasteiger partial charge in [-0.25, -0.2) is 8.78 Å². The molecule has 1 aromatic carbocycles. The topological polar surface area (TPSA) is 0 Å². The summed E-state index contributed by atoms with van der Waals surface area (Å²) in [7, 11) is 0. The van der Waals surface area contributed by atoms with Crippen LogP contribution in [0.1, 0.15) is 50.2 Å². The van der Waals surface area contributed by atoms with E-state index in [2.05, 4.69) is 12.2 Å². The van der Waals surface area contributed by atoms with Crippen molar-refractivity contribution < 1.29 is 8.78 Å². The van der Waals surface area contributed by atoms with Crippen LogP contribution in [-0.4, -0.2) is 0 Å². The van der Waals surface area contributed by atoms with E-state index in [1.807, 2.05) is 19.9 Å². The smallest absolute Gasteiger partial charge is 0.162 e. The summed E-state index contributed by atoms with van der Waals surface area (Å²) in [5, 5.41) is 0. The van der Waals surface area contributed by atoms with Crippen molar-refractivity contribution in [3.63, 3.8) is 0 Å². The lowest BCUT2D eigenvalue weighted by Crippen LogP contribution is -2.08. The number of halogens is 2. The van der Waals surface area contributed by atoms with Crippen LogP contribution < -0.4 is 0 Å². The molecule has 0 aromatic heterocycles. The highest BCUT2D eigenvalue weighted by Crippen LogP contribution is 2.35. The predicted octanol–water partition coefficient (Wildman–Crippen LogP) is 5.30. The molecule has 0 radical (unpaired) electrons. The minimum absolute atomic E-state index is 0.106. The molecule has 1 aliphatic rings. The number of rotatable bonds is 3. The van der Waals surface area contributed by atoms with Gasteiger partial charge in [0.25, 0.3) is 0 Å². The van der Waals surface area contributed by atoms with Gasteiger partial charge in [-0.3, -0.25) is 0 Å². The molecule has 0 fully saturated rings. The Morgan fingerprint density at radius 3 is 2.63 bits per heavy atom. The first kappa shape index (κ1) is 14.0. The number of aryl methyl sites for hydroxylation is 1. The molecule has 19 heavy (non-hydrogen) atoms. The van der Waals surface area contributed by atoms with E-state index in [0.717, 1.165) is 19.3 Å². The van der Waals surface area contributed by atoms with Crippen molar-refractivity contribution in [2.45, 2.75) is 45.4 Å². The fourth-order valence-electron chi connectivity index (χ4n) is 2.70. The van der Waals surface area contributed by atoms with Crippen LogP contribution >= 0.6 is 0 Å². The summed E-state index contributed by atoms with van der Waals surface area (Å²) in [4.78, 5) is 0. The number of hydrogen-bond acceptors (Lipinski definition) is 0. The molecule has 0 amide bonds. The first-order valence-corrected chi connectivity index (χ1v) is 6.95. The Labute approximate surface area is 113 Å². The van der Waals surface area contributed by atoms with Crippen molar-refractivity contribution >= 4 is 0 Å². The Kier molecular flexibility index (Phi) is 4.52. The van der Waals surface area contributed by atoms with E-state index >= 15 is 0 Å². The Morgan fingerprint density at radius 1 is 1.26 bits per heavy atom. The van der Waals surface area contributed by atoms with E-state index in [-0.39, 0.29) is 5.92 Å². The van der Waals surface area contributed by atoms with Crippen LogP contribution in [0.15, 0.2) is 35.9 Å². The van der Waals surface area contributed by atoms with Gasteiger partial charge in [0.05, 0.1) is 0 Å². The van der Waals surface area contributed by atoms with Gasteiger partial charge in [0.2, 0.25) is 0 Å². The summed E-state index contributed by atoms with van der Waals surface area (Å²) < 4.78 is 27.9. The first-order valence-electron chi connectivity index (χ1n) is 6.95. The summed E-state index contributed by atoms with van der Waals surface area (Å²) in [6.07, 6.45) is 9.39. The second kappa shape index (κ2) is 6.14. The molecule has 1 aromatic rings. The van der Waals surface area contributed by atoms with Gasteiger partial charge in [0, 0.05) is 0 Å². The number of benzene rings is 1. The van der Waals surface area contributed by atoms with Gasteiger partial charge < -0.3 is 0 Å². The van der Waals surface area contributed by atoms with Crippen molar-refractivity contribution in [3.8, 4) is 0 Å². The molecule has 0 saturated heterocycles. The fourth-order valence-corrected chi connectivity index (χ4v) is 2.70. The average molecular weight is 262 g/mol. The van der Waals surface area contributed by atoms with Gasteiger partial charge in [-0.2, -0.15) is 0 Å². The lowest BCUT2D eigenvalue weighted by Gasteiger charge is -2.22. The van der Waals surface area contributed by atoms with Crippen LogP contribution in [0.3, 0.4) is 0 Å². The molecule has 1 aliphatic carbocycles. The van der Waals surface area contributed by atoms with Crippen molar-refractivity contribution in [2.24, 2.45) is 0 Å². The molecule has 1 atom stereocenters. The highest BCUT2D eigenvalue weighted by molar-refractivity contribution is 5.32. The van der Waals surface area contributed by atoms with Gasteiger partial charge >= 0.3 is 0 Å². The third-order valence-corrected chi connectivity index (χ3v) is 3.84. The minimum Gasteiger partial charge on any atom is -0.203 e. The molecule has 0 saturated carbocycles. The molecule has 2 rings (SSSR count). The van der Waals surface area contributed by atoms with Crippen LogP contribution in [0.5, 0.6) is 0 Å². The summed E-state index contributed by atoms with van der Waals surface area (Å²) in [6, 6.07) is 3.48. The van der Waals surface area contributed by atoms with Crippen LogP contribution in [0, 0.1) is 11.6 Å². The SMILES string of the molecule is CC=CC1=CC[C@H](c2ccc(CC)c(F)c2F)CC1. The van der Waals surface area contributed by atoms with Gasteiger partial charge in [0.1, 0.15) is 0 Å². The second-order valence-electron chi connectivity index (χ2n) is 5.05. The van der Waals surface area contributed by atoms with E-state index in [1.54, 1.807) is 12.1 Å². The lowest BCUT2D eigenvalue weighted by atomic mass is 9.84. The van der Waals surface area contributed by atoms with E-state index in [0.29, 0.717) is 17.5 Å². The zero-order valence-corrected chi connectivity index (χ0v) is 11.5. The van der Waals surface area contributed by atoms with Crippen molar-refractivity contribution in [1.82, 2.24) is 0 Å². The quantitative estimate of drug-likeness (QED) is 0.693. The Bertz CT molecular complexity index is 512. The van der Waals surface area contributed by atoms with Crippen molar-refractivity contribution in [2.75, 3.05) is 0 Å². The highest BCUT2D eigenvalue weighted by atomic mass is 19.2. The molecule has 102 valence electrons. The Balaban J connectivity index is 2.23. The molecule has 0 nitrogen and oxygen atoms in total. The Morgan fingerprint density at radius 2 is 2.05 bits per heavy atom. The van der Waals surface area contributed by atoms with E-state index < -0.39 is 11.6 Å². The van der Waals surface area contributed by atoms with Gasteiger partial charge in [0.15, 0.2) is 11.6 Å².